The highest BCUT2D eigenvalue weighted by Crippen LogP contribution is 2.27. The van der Waals surface area contributed by atoms with E-state index in [0.717, 1.165) is 53.4 Å². The molecular weight excluding hydrogens is 412 g/mol. The van der Waals surface area contributed by atoms with Gasteiger partial charge in [-0.2, -0.15) is 0 Å². The number of pyridine rings is 1. The van der Waals surface area contributed by atoms with Crippen molar-refractivity contribution < 1.29 is 0 Å². The Labute approximate surface area is 191 Å². The maximum atomic E-state index is 13.6. The molecule has 5 aromatic rings. The van der Waals surface area contributed by atoms with Gasteiger partial charge in [0, 0.05) is 38.7 Å². The van der Waals surface area contributed by atoms with Gasteiger partial charge in [0.15, 0.2) is 5.65 Å². The molecule has 7 nitrogen and oxygen atoms in total. The number of nitrogens with zero attached hydrogens (tertiary/aromatic N) is 6. The smallest absolute Gasteiger partial charge is 0.335 e. The predicted octanol–water partition coefficient (Wildman–Crippen LogP) is 3.64. The first-order valence-corrected chi connectivity index (χ1v) is 11.1. The monoisotopic (exact) mass is 436 g/mol. The third-order valence-electron chi connectivity index (χ3n) is 6.45. The zero-order valence-electron chi connectivity index (χ0n) is 18.4. The first kappa shape index (κ1) is 19.7. The van der Waals surface area contributed by atoms with E-state index in [-0.39, 0.29) is 11.7 Å². The number of likely N-dealkylation sites (tertiary alicyclic amines) is 1. The lowest BCUT2D eigenvalue weighted by Crippen LogP contribution is -2.50. The van der Waals surface area contributed by atoms with Crippen LogP contribution in [-0.2, 0) is 13.6 Å². The fourth-order valence-corrected chi connectivity index (χ4v) is 4.65. The Morgan fingerprint density at radius 1 is 0.879 bits per heavy atom. The molecule has 164 valence electrons. The number of hydrogen-bond donors (Lipinski definition) is 0. The molecule has 4 heterocycles. The van der Waals surface area contributed by atoms with Crippen molar-refractivity contribution in [1.82, 2.24) is 28.6 Å². The van der Waals surface area contributed by atoms with Crippen LogP contribution in [0.3, 0.4) is 0 Å². The van der Waals surface area contributed by atoms with E-state index in [1.807, 2.05) is 71.0 Å². The van der Waals surface area contributed by atoms with E-state index in [2.05, 4.69) is 39.1 Å². The summed E-state index contributed by atoms with van der Waals surface area (Å²) in [6.45, 7) is 2.38. The second kappa shape index (κ2) is 7.86. The van der Waals surface area contributed by atoms with Crippen LogP contribution in [0.15, 0.2) is 90.1 Å². The molecule has 0 saturated carbocycles. The first-order chi connectivity index (χ1) is 16.2. The Kier molecular flexibility index (Phi) is 4.69. The van der Waals surface area contributed by atoms with Crippen molar-refractivity contribution in [1.29, 1.82) is 0 Å². The molecule has 1 fully saturated rings. The molecule has 0 aliphatic carbocycles. The molecule has 7 heteroatoms. The molecule has 1 aliphatic heterocycles. The predicted molar refractivity (Wildman–Crippen MR) is 128 cm³/mol. The maximum Gasteiger partial charge on any atom is 0.335 e. The van der Waals surface area contributed by atoms with Crippen molar-refractivity contribution in [2.24, 2.45) is 7.05 Å². The van der Waals surface area contributed by atoms with Gasteiger partial charge in [-0.1, -0.05) is 42.5 Å². The molecule has 0 radical (unpaired) electrons. The summed E-state index contributed by atoms with van der Waals surface area (Å²) in [7, 11) is 2.00. The number of aromatic nitrogens is 5. The molecule has 0 bridgehead atoms. The standard InChI is InChI=1S/C26H24N6O/c1-29-15-14-27-24(29)18-30-16-22(17-30)32-25-23(8-5-13-28-25)31(26(32)33)21-11-9-20(10-12-21)19-6-3-2-4-7-19/h2-15,22H,16-18H2,1H3. The van der Waals surface area contributed by atoms with Crippen molar-refractivity contribution in [3.63, 3.8) is 0 Å². The second-order valence-corrected chi connectivity index (χ2v) is 8.55. The third kappa shape index (κ3) is 3.37. The summed E-state index contributed by atoms with van der Waals surface area (Å²) in [4.78, 5) is 24.9. The van der Waals surface area contributed by atoms with Crippen molar-refractivity contribution in [3.05, 3.63) is 102 Å². The second-order valence-electron chi connectivity index (χ2n) is 8.55. The summed E-state index contributed by atoms with van der Waals surface area (Å²) in [5, 5.41) is 0. The number of fused-ring (bicyclic) bond motifs is 1. The average molecular weight is 437 g/mol. The van der Waals surface area contributed by atoms with E-state index >= 15 is 0 Å². The summed E-state index contributed by atoms with van der Waals surface area (Å²) < 4.78 is 5.67. The molecule has 2 aromatic carbocycles. The first-order valence-electron chi connectivity index (χ1n) is 11.1. The molecule has 3 aromatic heterocycles. The summed E-state index contributed by atoms with van der Waals surface area (Å²) in [5.41, 5.74) is 4.65. The topological polar surface area (TPSA) is 60.9 Å². The Hall–Kier alpha value is -3.97. The average Bonchev–Trinajstić information content (AvgIpc) is 3.36. The zero-order valence-corrected chi connectivity index (χ0v) is 18.4. The fraction of sp³-hybridized carbons (Fsp3) is 0.192. The Bertz CT molecular complexity index is 1470. The minimum atomic E-state index is -0.0437. The van der Waals surface area contributed by atoms with Gasteiger partial charge in [0.2, 0.25) is 0 Å². The minimum Gasteiger partial charge on any atom is -0.337 e. The summed E-state index contributed by atoms with van der Waals surface area (Å²) >= 11 is 0. The zero-order chi connectivity index (χ0) is 22.4. The molecule has 0 unspecified atom stereocenters. The number of hydrogen-bond acceptors (Lipinski definition) is 4. The number of benzene rings is 2. The third-order valence-corrected chi connectivity index (χ3v) is 6.45. The molecule has 0 N–H and O–H groups in total. The highest BCUT2D eigenvalue weighted by atomic mass is 16.2. The molecule has 0 atom stereocenters. The van der Waals surface area contributed by atoms with Crippen molar-refractivity contribution in [2.75, 3.05) is 13.1 Å². The van der Waals surface area contributed by atoms with Crippen LogP contribution in [0.4, 0.5) is 0 Å². The van der Waals surface area contributed by atoms with Gasteiger partial charge >= 0.3 is 5.69 Å². The van der Waals surface area contributed by atoms with Gasteiger partial charge in [0.25, 0.3) is 0 Å². The van der Waals surface area contributed by atoms with Crippen LogP contribution in [0.5, 0.6) is 0 Å². The van der Waals surface area contributed by atoms with Crippen LogP contribution in [-0.4, -0.2) is 41.7 Å². The van der Waals surface area contributed by atoms with Gasteiger partial charge in [0.1, 0.15) is 5.82 Å². The van der Waals surface area contributed by atoms with E-state index in [9.17, 15) is 4.79 Å². The van der Waals surface area contributed by atoms with Crippen molar-refractivity contribution in [2.45, 2.75) is 12.6 Å². The lowest BCUT2D eigenvalue weighted by molar-refractivity contribution is 0.0949. The molecule has 0 amide bonds. The van der Waals surface area contributed by atoms with Crippen LogP contribution in [0.1, 0.15) is 11.9 Å². The van der Waals surface area contributed by atoms with Crippen LogP contribution in [0, 0.1) is 0 Å². The van der Waals surface area contributed by atoms with Crippen LogP contribution < -0.4 is 5.69 Å². The maximum absolute atomic E-state index is 13.6. The van der Waals surface area contributed by atoms with Gasteiger partial charge in [0.05, 0.1) is 23.8 Å². The summed E-state index contributed by atoms with van der Waals surface area (Å²) in [6.07, 6.45) is 5.53. The van der Waals surface area contributed by atoms with Gasteiger partial charge in [-0.05, 0) is 35.4 Å². The van der Waals surface area contributed by atoms with E-state index in [0.29, 0.717) is 0 Å². The highest BCUT2D eigenvalue weighted by Gasteiger charge is 2.32. The highest BCUT2D eigenvalue weighted by molar-refractivity contribution is 5.75. The van der Waals surface area contributed by atoms with Crippen LogP contribution in [0.2, 0.25) is 0 Å². The van der Waals surface area contributed by atoms with E-state index in [1.165, 1.54) is 0 Å². The lowest BCUT2D eigenvalue weighted by Gasteiger charge is -2.39. The van der Waals surface area contributed by atoms with E-state index in [4.69, 9.17) is 0 Å². The fourth-order valence-electron chi connectivity index (χ4n) is 4.65. The summed E-state index contributed by atoms with van der Waals surface area (Å²) in [5.74, 6) is 1.03. The van der Waals surface area contributed by atoms with Gasteiger partial charge in [-0.25, -0.2) is 14.8 Å². The van der Waals surface area contributed by atoms with Crippen LogP contribution in [0.25, 0.3) is 28.0 Å². The molecule has 0 spiro atoms. The Morgan fingerprint density at radius 3 is 2.36 bits per heavy atom. The number of imidazole rings is 2. The lowest BCUT2D eigenvalue weighted by atomic mass is 10.1. The van der Waals surface area contributed by atoms with Crippen LogP contribution >= 0.6 is 0 Å². The molecule has 1 saturated heterocycles. The summed E-state index contributed by atoms with van der Waals surface area (Å²) in [6, 6.07) is 22.3. The molecular formula is C26H24N6O. The Balaban J connectivity index is 1.33. The molecule has 6 rings (SSSR count). The van der Waals surface area contributed by atoms with Gasteiger partial charge < -0.3 is 4.57 Å². The molecule has 1 aliphatic rings. The van der Waals surface area contributed by atoms with Crippen molar-refractivity contribution >= 4 is 11.2 Å². The largest absolute Gasteiger partial charge is 0.337 e. The molecule has 33 heavy (non-hydrogen) atoms. The number of aryl methyl sites for hydroxylation is 1. The van der Waals surface area contributed by atoms with Gasteiger partial charge in [-0.15, -0.1) is 0 Å². The van der Waals surface area contributed by atoms with Crippen molar-refractivity contribution in [3.8, 4) is 16.8 Å². The van der Waals surface area contributed by atoms with E-state index < -0.39 is 0 Å². The van der Waals surface area contributed by atoms with Gasteiger partial charge in [-0.3, -0.25) is 14.0 Å². The SMILES string of the molecule is Cn1ccnc1CN1CC(n2c(=O)n(-c3ccc(-c4ccccc4)cc3)c3cccnc32)C1. The Morgan fingerprint density at radius 2 is 1.64 bits per heavy atom. The quantitative estimate of drug-likeness (QED) is 0.422. The number of rotatable bonds is 5. The van der Waals surface area contributed by atoms with E-state index in [1.54, 1.807) is 10.8 Å². The normalized spacial score (nSPS) is 14.6. The minimum absolute atomic E-state index is 0.0437.